The number of nitrogens with one attached hydrogen (secondary N) is 2. The Kier molecular flexibility index (Phi) is 10.7. The van der Waals surface area contributed by atoms with E-state index >= 15 is 4.39 Å². The summed E-state index contributed by atoms with van der Waals surface area (Å²) in [5.41, 5.74) is 3.01. The van der Waals surface area contributed by atoms with E-state index in [4.69, 9.17) is 4.74 Å². The highest BCUT2D eigenvalue weighted by Crippen LogP contribution is 2.35. The van der Waals surface area contributed by atoms with Gasteiger partial charge < -0.3 is 25.4 Å². The number of rotatable bonds is 8. The lowest BCUT2D eigenvalue weighted by molar-refractivity contribution is 0.0947. The number of thiazole rings is 1. The number of alkyl halides is 1. The molecule has 4 heterocycles. The zero-order valence-corrected chi connectivity index (χ0v) is 25.6. The summed E-state index contributed by atoms with van der Waals surface area (Å²) in [4.78, 5) is 20.6. The molecule has 2 aliphatic rings. The molecule has 2 aromatic heterocycles. The number of carbonyl (C=O) groups excluding carboxylic acids is 1. The molecule has 0 spiro atoms. The van der Waals surface area contributed by atoms with Gasteiger partial charge in [0.2, 0.25) is 0 Å². The minimum atomic E-state index is -0.687. The number of ether oxygens (including phenoxy) is 1. The van der Waals surface area contributed by atoms with Crippen LogP contribution >= 0.6 is 36.2 Å². The number of hydrogen-bond acceptors (Lipinski definition) is 7. The molecule has 2 aliphatic heterocycles. The molecule has 6 rings (SSSR count). The number of piperidine rings is 1. The molecule has 3 N–H and O–H groups in total. The van der Waals surface area contributed by atoms with Crippen molar-refractivity contribution in [3.8, 4) is 17.0 Å². The third-order valence-electron chi connectivity index (χ3n) is 7.89. The smallest absolute Gasteiger partial charge is 0.255 e. The van der Waals surface area contributed by atoms with Crippen molar-refractivity contribution in [2.24, 2.45) is 0 Å². The molecule has 4 aromatic rings. The van der Waals surface area contributed by atoms with Crippen LogP contribution < -0.4 is 15.4 Å². The molecule has 2 saturated heterocycles. The fourth-order valence-corrected chi connectivity index (χ4v) is 6.68. The lowest BCUT2D eigenvalue weighted by Gasteiger charge is -2.28. The number of aliphatic hydroxyl groups excluding tert-OH is 1. The maximum absolute atomic E-state index is 15.1. The summed E-state index contributed by atoms with van der Waals surface area (Å²) < 4.78 is 36.8. The Morgan fingerprint density at radius 3 is 2.71 bits per heavy atom. The van der Waals surface area contributed by atoms with Crippen molar-refractivity contribution in [2.75, 3.05) is 39.8 Å². The first-order valence-electron chi connectivity index (χ1n) is 13.7. The van der Waals surface area contributed by atoms with E-state index in [1.807, 2.05) is 22.6 Å². The number of nitrogens with zero attached hydrogens (tertiary/aromatic N) is 3. The van der Waals surface area contributed by atoms with Crippen molar-refractivity contribution in [3.63, 3.8) is 0 Å². The first-order chi connectivity index (χ1) is 19.4. The van der Waals surface area contributed by atoms with Crippen molar-refractivity contribution in [3.05, 3.63) is 53.5 Å². The van der Waals surface area contributed by atoms with Crippen molar-refractivity contribution >= 4 is 57.2 Å². The van der Waals surface area contributed by atoms with Gasteiger partial charge in [0.1, 0.15) is 17.7 Å². The Morgan fingerprint density at radius 2 is 2.02 bits per heavy atom. The topological polar surface area (TPSA) is 91.1 Å². The fourth-order valence-electron chi connectivity index (χ4n) is 5.65. The number of aromatic nitrogens is 2. The van der Waals surface area contributed by atoms with Gasteiger partial charge in [0, 0.05) is 50.0 Å². The number of amides is 1. The summed E-state index contributed by atoms with van der Waals surface area (Å²) >= 11 is 1.42. The Balaban J connectivity index is 0.00000202. The molecule has 0 saturated carbocycles. The van der Waals surface area contributed by atoms with Crippen LogP contribution in [0.4, 0.5) is 8.78 Å². The van der Waals surface area contributed by atoms with Crippen LogP contribution in [0.15, 0.2) is 36.5 Å². The molecule has 1 amide bonds. The van der Waals surface area contributed by atoms with Crippen LogP contribution in [0.1, 0.15) is 47.6 Å². The van der Waals surface area contributed by atoms with Crippen molar-refractivity contribution in [1.29, 1.82) is 0 Å². The molecular formula is C29H35Cl2F2N5O3S. The SMILES string of the molecule is COc1cc2c(cc1C(=O)NCCCN1CCC(F)CC1)sc1nc(-c3ccc([C@H]4C[C@H](O)CN4)cc3F)cn12.Cl.Cl. The van der Waals surface area contributed by atoms with E-state index in [1.54, 1.807) is 12.3 Å². The number of β-amino-alcohol motifs (C(OH)–C–C–N with tert-alkyl or cyclic N) is 1. The van der Waals surface area contributed by atoms with Gasteiger partial charge in [-0.05, 0) is 56.0 Å². The fraction of sp³-hybridized carbons (Fsp3) is 0.448. The number of hydrogen-bond donors (Lipinski definition) is 3. The standard InChI is InChI=1S/C29H33F2N5O3S.2ClH/c1-39-26-14-25-27(13-21(26)28(38)32-7-2-8-35-9-5-18(30)6-10-35)40-29-34-24(16-36(25)29)20-4-3-17(11-22(20)31)23-12-19(37)15-33-23;;/h3-4,11,13-14,16,18-19,23,33,37H,2,5-10,12,15H2,1H3,(H,32,38);2*1H/t19-,23+;;/m0../s1. The van der Waals surface area contributed by atoms with Gasteiger partial charge in [-0.15, -0.1) is 24.8 Å². The minimum Gasteiger partial charge on any atom is -0.496 e. The van der Waals surface area contributed by atoms with Crippen molar-refractivity contribution in [1.82, 2.24) is 24.9 Å². The summed E-state index contributed by atoms with van der Waals surface area (Å²) in [6, 6.07) is 8.68. The zero-order valence-electron chi connectivity index (χ0n) is 23.1. The Hall–Kier alpha value is -2.54. The average molecular weight is 643 g/mol. The lowest BCUT2D eigenvalue weighted by atomic mass is 10.0. The quantitative estimate of drug-likeness (QED) is 0.230. The Morgan fingerprint density at radius 1 is 1.24 bits per heavy atom. The van der Waals surface area contributed by atoms with Crippen LogP contribution in [-0.4, -0.2) is 77.4 Å². The van der Waals surface area contributed by atoms with Crippen LogP contribution in [0, 0.1) is 5.82 Å². The second-order valence-corrected chi connectivity index (χ2v) is 11.6. The van der Waals surface area contributed by atoms with Gasteiger partial charge in [0.15, 0.2) is 4.96 Å². The Bertz CT molecular complexity index is 1540. The van der Waals surface area contributed by atoms with Gasteiger partial charge in [-0.1, -0.05) is 17.4 Å². The third-order valence-corrected chi connectivity index (χ3v) is 8.91. The predicted molar refractivity (Wildman–Crippen MR) is 166 cm³/mol. The second kappa shape index (κ2) is 13.8. The number of carbonyl (C=O) groups is 1. The summed E-state index contributed by atoms with van der Waals surface area (Å²) in [5.74, 6) is -0.120. The van der Waals surface area contributed by atoms with Crippen LogP contribution in [0.2, 0.25) is 0 Å². The van der Waals surface area contributed by atoms with Crippen LogP contribution in [0.5, 0.6) is 5.75 Å². The molecule has 8 nitrogen and oxygen atoms in total. The maximum Gasteiger partial charge on any atom is 0.255 e. The number of likely N-dealkylation sites (tertiary alicyclic amines) is 1. The van der Waals surface area contributed by atoms with E-state index < -0.39 is 12.3 Å². The molecule has 0 unspecified atom stereocenters. The van der Waals surface area contributed by atoms with E-state index in [0.717, 1.165) is 41.8 Å². The van der Waals surface area contributed by atoms with Gasteiger partial charge in [0.05, 0.1) is 34.7 Å². The third kappa shape index (κ3) is 6.66. The monoisotopic (exact) mass is 641 g/mol. The van der Waals surface area contributed by atoms with Gasteiger partial charge in [-0.2, -0.15) is 0 Å². The minimum absolute atomic E-state index is 0. The first kappa shape index (κ1) is 32.4. The number of aliphatic hydroxyl groups is 1. The van der Waals surface area contributed by atoms with Crippen molar-refractivity contribution < 1.29 is 23.4 Å². The molecule has 13 heteroatoms. The molecule has 0 radical (unpaired) electrons. The molecule has 42 heavy (non-hydrogen) atoms. The molecular weight excluding hydrogens is 607 g/mol. The summed E-state index contributed by atoms with van der Waals surface area (Å²) in [6.07, 6.45) is 3.22. The number of methoxy groups -OCH3 is 1. The number of halogens is 4. The molecule has 0 aliphatic carbocycles. The number of imidazole rings is 1. The normalized spacial score (nSPS) is 19.5. The number of fused-ring (bicyclic) bond motifs is 3. The molecule has 0 bridgehead atoms. The van der Waals surface area contributed by atoms with Crippen LogP contribution in [-0.2, 0) is 0 Å². The van der Waals surface area contributed by atoms with E-state index in [9.17, 15) is 14.3 Å². The highest BCUT2D eigenvalue weighted by Gasteiger charge is 2.25. The zero-order chi connectivity index (χ0) is 27.8. The van der Waals surface area contributed by atoms with Crippen molar-refractivity contribution in [2.45, 2.75) is 44.0 Å². The molecule has 2 atom stereocenters. The largest absolute Gasteiger partial charge is 0.496 e. The van der Waals surface area contributed by atoms with E-state index in [1.165, 1.54) is 24.5 Å². The molecule has 2 aromatic carbocycles. The second-order valence-electron chi connectivity index (χ2n) is 10.6. The van der Waals surface area contributed by atoms with E-state index in [-0.39, 0.29) is 42.6 Å². The van der Waals surface area contributed by atoms with Gasteiger partial charge in [0.25, 0.3) is 5.91 Å². The highest BCUT2D eigenvalue weighted by molar-refractivity contribution is 7.23. The predicted octanol–water partition coefficient (Wildman–Crippen LogP) is 5.16. The first-order valence-corrected chi connectivity index (χ1v) is 14.6. The van der Waals surface area contributed by atoms with E-state index in [2.05, 4.69) is 20.5 Å². The summed E-state index contributed by atoms with van der Waals surface area (Å²) in [5, 5.41) is 16.0. The van der Waals surface area contributed by atoms with Gasteiger partial charge in [-0.25, -0.2) is 13.8 Å². The van der Waals surface area contributed by atoms with Crippen LogP contribution in [0.3, 0.4) is 0 Å². The lowest BCUT2D eigenvalue weighted by Crippen LogP contribution is -2.36. The summed E-state index contributed by atoms with van der Waals surface area (Å²) in [6.45, 7) is 3.39. The van der Waals surface area contributed by atoms with E-state index in [0.29, 0.717) is 59.9 Å². The maximum atomic E-state index is 15.1. The highest BCUT2D eigenvalue weighted by atomic mass is 35.5. The summed E-state index contributed by atoms with van der Waals surface area (Å²) in [7, 11) is 1.53. The molecule has 228 valence electrons. The van der Waals surface area contributed by atoms with Gasteiger partial charge in [-0.3, -0.25) is 9.20 Å². The Labute approximate surface area is 259 Å². The molecule has 2 fully saturated rings. The van der Waals surface area contributed by atoms with Crippen LogP contribution in [0.25, 0.3) is 26.4 Å². The number of benzene rings is 2. The average Bonchev–Trinajstić information content (AvgIpc) is 3.65. The van der Waals surface area contributed by atoms with Gasteiger partial charge >= 0.3 is 0 Å².